The highest BCUT2D eigenvalue weighted by atomic mass is 32.1. The van der Waals surface area contributed by atoms with Gasteiger partial charge in [-0.15, -0.1) is 11.3 Å². The Balaban J connectivity index is 2.12. The molecule has 1 N–H and O–H groups in total. The molecule has 1 heterocycles. The van der Waals surface area contributed by atoms with Gasteiger partial charge in [-0.2, -0.15) is 0 Å². The van der Waals surface area contributed by atoms with Crippen LogP contribution in [0, 0.1) is 6.92 Å². The first-order chi connectivity index (χ1) is 8.15. The second kappa shape index (κ2) is 5.48. The molecule has 0 bridgehead atoms. The number of hydrogen-bond donors (Lipinski definition) is 1. The molecule has 0 radical (unpaired) electrons. The predicted molar refractivity (Wildman–Crippen MR) is 76.5 cm³/mol. The van der Waals surface area contributed by atoms with E-state index in [1.54, 1.807) is 0 Å². The van der Waals surface area contributed by atoms with Gasteiger partial charge >= 0.3 is 0 Å². The molecule has 2 rings (SSSR count). The molecule has 0 amide bonds. The van der Waals surface area contributed by atoms with E-state index in [0.29, 0.717) is 6.04 Å². The van der Waals surface area contributed by atoms with E-state index >= 15 is 0 Å². The summed E-state index contributed by atoms with van der Waals surface area (Å²) in [5.41, 5.74) is 4.02. The van der Waals surface area contributed by atoms with Gasteiger partial charge in [0.25, 0.3) is 0 Å². The third-order valence-corrected chi connectivity index (χ3v) is 3.70. The van der Waals surface area contributed by atoms with E-state index in [1.165, 1.54) is 21.6 Å². The highest BCUT2D eigenvalue weighted by Crippen LogP contribution is 2.27. The minimum atomic E-state index is 0.539. The maximum Gasteiger partial charge on any atom is 0.0346 e. The summed E-state index contributed by atoms with van der Waals surface area (Å²) < 4.78 is 0. The Morgan fingerprint density at radius 2 is 2.06 bits per heavy atom. The van der Waals surface area contributed by atoms with E-state index in [2.05, 4.69) is 61.8 Å². The molecule has 1 aromatic carbocycles. The van der Waals surface area contributed by atoms with Crippen LogP contribution < -0.4 is 5.32 Å². The summed E-state index contributed by atoms with van der Waals surface area (Å²) >= 11 is 1.82. The molecule has 0 saturated heterocycles. The summed E-state index contributed by atoms with van der Waals surface area (Å²) in [7, 11) is 0. The zero-order chi connectivity index (χ0) is 12.3. The quantitative estimate of drug-likeness (QED) is 0.850. The summed E-state index contributed by atoms with van der Waals surface area (Å²) in [4.78, 5) is 1.36. The van der Waals surface area contributed by atoms with Crippen molar-refractivity contribution in [3.8, 4) is 10.4 Å². The molecule has 1 nitrogen and oxygen atoms in total. The lowest BCUT2D eigenvalue weighted by molar-refractivity contribution is 0.590. The van der Waals surface area contributed by atoms with Gasteiger partial charge in [-0.3, -0.25) is 0 Å². The standard InChI is InChI=1S/C15H19NS/c1-11(2)16-9-13-8-15(17-10-13)14-6-4-5-12(3)7-14/h4-8,10-11,16H,9H2,1-3H3. The van der Waals surface area contributed by atoms with Crippen LogP contribution in [0.1, 0.15) is 25.0 Å². The number of nitrogens with one attached hydrogen (secondary N) is 1. The second-order valence-electron chi connectivity index (χ2n) is 4.72. The third-order valence-electron chi connectivity index (χ3n) is 2.67. The molecule has 0 fully saturated rings. The number of benzene rings is 1. The van der Waals surface area contributed by atoms with Crippen LogP contribution in [0.15, 0.2) is 35.7 Å². The van der Waals surface area contributed by atoms with Crippen LogP contribution in [-0.2, 0) is 6.54 Å². The van der Waals surface area contributed by atoms with Crippen LogP contribution in [0.3, 0.4) is 0 Å². The number of rotatable bonds is 4. The summed E-state index contributed by atoms with van der Waals surface area (Å²) in [6.45, 7) is 7.44. The molecule has 0 saturated carbocycles. The second-order valence-corrected chi connectivity index (χ2v) is 5.64. The Morgan fingerprint density at radius 3 is 2.76 bits per heavy atom. The summed E-state index contributed by atoms with van der Waals surface area (Å²) in [6, 6.07) is 11.5. The van der Waals surface area contributed by atoms with Gasteiger partial charge in [0.15, 0.2) is 0 Å². The Kier molecular flexibility index (Phi) is 3.97. The van der Waals surface area contributed by atoms with Crippen molar-refractivity contribution in [3.05, 3.63) is 46.8 Å². The summed E-state index contributed by atoms with van der Waals surface area (Å²) in [5, 5.41) is 5.69. The summed E-state index contributed by atoms with van der Waals surface area (Å²) in [6.07, 6.45) is 0. The van der Waals surface area contributed by atoms with Crippen molar-refractivity contribution in [3.63, 3.8) is 0 Å². The SMILES string of the molecule is Cc1cccc(-c2cc(CNC(C)C)cs2)c1. The Morgan fingerprint density at radius 1 is 1.24 bits per heavy atom. The van der Waals surface area contributed by atoms with Gasteiger partial charge in [0.05, 0.1) is 0 Å². The number of aryl methyl sites for hydroxylation is 1. The lowest BCUT2D eigenvalue weighted by Crippen LogP contribution is -2.21. The van der Waals surface area contributed by atoms with Crippen molar-refractivity contribution in [2.45, 2.75) is 33.4 Å². The van der Waals surface area contributed by atoms with Gasteiger partial charge in [-0.1, -0.05) is 43.7 Å². The van der Waals surface area contributed by atoms with Gasteiger partial charge < -0.3 is 5.32 Å². The van der Waals surface area contributed by atoms with E-state index in [9.17, 15) is 0 Å². The monoisotopic (exact) mass is 245 g/mol. The van der Waals surface area contributed by atoms with E-state index in [1.807, 2.05) is 11.3 Å². The van der Waals surface area contributed by atoms with Crippen molar-refractivity contribution < 1.29 is 0 Å². The van der Waals surface area contributed by atoms with Crippen LogP contribution >= 0.6 is 11.3 Å². The zero-order valence-electron chi connectivity index (χ0n) is 10.7. The maximum absolute atomic E-state index is 3.44. The van der Waals surface area contributed by atoms with E-state index in [4.69, 9.17) is 0 Å². The first-order valence-corrected chi connectivity index (χ1v) is 6.91. The van der Waals surface area contributed by atoms with Crippen molar-refractivity contribution in [1.29, 1.82) is 0 Å². The first kappa shape index (κ1) is 12.3. The fraction of sp³-hybridized carbons (Fsp3) is 0.333. The lowest BCUT2D eigenvalue weighted by atomic mass is 10.1. The van der Waals surface area contributed by atoms with Crippen LogP contribution in [-0.4, -0.2) is 6.04 Å². The lowest BCUT2D eigenvalue weighted by Gasteiger charge is -2.05. The minimum Gasteiger partial charge on any atom is -0.310 e. The van der Waals surface area contributed by atoms with Crippen LogP contribution in [0.2, 0.25) is 0 Å². The van der Waals surface area contributed by atoms with E-state index in [-0.39, 0.29) is 0 Å². The molecule has 0 aliphatic carbocycles. The Hall–Kier alpha value is -1.12. The number of hydrogen-bond acceptors (Lipinski definition) is 2. The molecule has 0 spiro atoms. The van der Waals surface area contributed by atoms with E-state index < -0.39 is 0 Å². The summed E-state index contributed by atoms with van der Waals surface area (Å²) in [5.74, 6) is 0. The Labute approximate surface area is 108 Å². The van der Waals surface area contributed by atoms with Crippen LogP contribution in [0.4, 0.5) is 0 Å². The molecular formula is C15H19NS. The van der Waals surface area contributed by atoms with Crippen molar-refractivity contribution in [2.75, 3.05) is 0 Å². The molecule has 90 valence electrons. The van der Waals surface area contributed by atoms with Crippen LogP contribution in [0.5, 0.6) is 0 Å². The maximum atomic E-state index is 3.44. The normalized spacial score (nSPS) is 11.1. The molecule has 0 aliphatic heterocycles. The zero-order valence-corrected chi connectivity index (χ0v) is 11.5. The smallest absolute Gasteiger partial charge is 0.0346 e. The largest absolute Gasteiger partial charge is 0.310 e. The van der Waals surface area contributed by atoms with Crippen molar-refractivity contribution >= 4 is 11.3 Å². The van der Waals surface area contributed by atoms with Crippen molar-refractivity contribution in [2.24, 2.45) is 0 Å². The third kappa shape index (κ3) is 3.42. The van der Waals surface area contributed by atoms with Gasteiger partial charge in [0.2, 0.25) is 0 Å². The minimum absolute atomic E-state index is 0.539. The first-order valence-electron chi connectivity index (χ1n) is 6.03. The fourth-order valence-electron chi connectivity index (χ4n) is 1.74. The average Bonchev–Trinajstić information content (AvgIpc) is 2.75. The highest BCUT2D eigenvalue weighted by molar-refractivity contribution is 7.13. The van der Waals surface area contributed by atoms with Gasteiger partial charge in [-0.25, -0.2) is 0 Å². The molecule has 0 unspecified atom stereocenters. The number of thiophene rings is 1. The van der Waals surface area contributed by atoms with Gasteiger partial charge in [-0.05, 0) is 29.5 Å². The topological polar surface area (TPSA) is 12.0 Å². The van der Waals surface area contributed by atoms with Gasteiger partial charge in [0.1, 0.15) is 0 Å². The molecule has 2 aromatic rings. The molecular weight excluding hydrogens is 226 g/mol. The van der Waals surface area contributed by atoms with Gasteiger partial charge in [0, 0.05) is 17.5 Å². The molecule has 0 aliphatic rings. The molecule has 2 heteroatoms. The highest BCUT2D eigenvalue weighted by Gasteiger charge is 2.03. The Bertz CT molecular complexity index is 485. The van der Waals surface area contributed by atoms with Crippen LogP contribution in [0.25, 0.3) is 10.4 Å². The molecule has 0 atom stereocenters. The average molecular weight is 245 g/mol. The molecule has 17 heavy (non-hydrogen) atoms. The van der Waals surface area contributed by atoms with Crippen molar-refractivity contribution in [1.82, 2.24) is 5.32 Å². The predicted octanol–water partition coefficient (Wildman–Crippen LogP) is 4.22. The fourth-order valence-corrected chi connectivity index (χ4v) is 2.65. The molecule has 1 aromatic heterocycles. The van der Waals surface area contributed by atoms with E-state index in [0.717, 1.165) is 6.54 Å².